The summed E-state index contributed by atoms with van der Waals surface area (Å²) in [6, 6.07) is 16.0. The minimum absolute atomic E-state index is 0.754. The van der Waals surface area contributed by atoms with Crippen molar-refractivity contribution in [1.29, 1.82) is 0 Å². The molecule has 0 aliphatic rings. The third kappa shape index (κ3) is 6.33. The van der Waals surface area contributed by atoms with Crippen molar-refractivity contribution < 1.29 is 9.47 Å². The van der Waals surface area contributed by atoms with Crippen molar-refractivity contribution in [3.05, 3.63) is 72.8 Å². The lowest BCUT2D eigenvalue weighted by atomic mass is 10.2. The van der Waals surface area contributed by atoms with Crippen molar-refractivity contribution in [2.45, 2.75) is 25.7 Å². The maximum atomic E-state index is 5.76. The van der Waals surface area contributed by atoms with E-state index in [-0.39, 0.29) is 0 Å². The Morgan fingerprint density at radius 2 is 1.29 bits per heavy atom. The Labute approximate surface area is 145 Å². The number of benzene rings is 2. The van der Waals surface area contributed by atoms with Crippen LogP contribution >= 0.6 is 0 Å². The van der Waals surface area contributed by atoms with Crippen LogP contribution in [0.25, 0.3) is 12.2 Å². The monoisotopic (exact) mass is 322 g/mol. The minimum atomic E-state index is 0.754. The van der Waals surface area contributed by atoms with Crippen LogP contribution in [0.3, 0.4) is 0 Å². The normalized spacial score (nSPS) is 10.2. The molecule has 0 N–H and O–H groups in total. The zero-order chi connectivity index (χ0) is 17.0. The topological polar surface area (TPSA) is 18.5 Å². The van der Waals surface area contributed by atoms with E-state index < -0.39 is 0 Å². The van der Waals surface area contributed by atoms with Gasteiger partial charge in [-0.3, -0.25) is 0 Å². The smallest absolute Gasteiger partial charge is 0.119 e. The van der Waals surface area contributed by atoms with Crippen molar-refractivity contribution in [3.8, 4) is 11.5 Å². The summed E-state index contributed by atoms with van der Waals surface area (Å²) in [5, 5.41) is 0. The van der Waals surface area contributed by atoms with Gasteiger partial charge >= 0.3 is 0 Å². The van der Waals surface area contributed by atoms with E-state index >= 15 is 0 Å². The van der Waals surface area contributed by atoms with Crippen LogP contribution in [-0.4, -0.2) is 13.2 Å². The molecule has 2 nitrogen and oxygen atoms in total. The maximum Gasteiger partial charge on any atom is 0.119 e. The second-order valence-electron chi connectivity index (χ2n) is 5.66. The van der Waals surface area contributed by atoms with Crippen LogP contribution in [-0.2, 0) is 0 Å². The van der Waals surface area contributed by atoms with Gasteiger partial charge in [-0.05, 0) is 61.1 Å². The van der Waals surface area contributed by atoms with E-state index in [1.807, 2.05) is 60.7 Å². The molecule has 0 radical (unpaired) electrons. The second kappa shape index (κ2) is 10.3. The largest absolute Gasteiger partial charge is 0.494 e. The lowest BCUT2D eigenvalue weighted by Gasteiger charge is -2.08. The van der Waals surface area contributed by atoms with Gasteiger partial charge in [-0.2, -0.15) is 0 Å². The summed E-state index contributed by atoms with van der Waals surface area (Å²) < 4.78 is 11.5. The van der Waals surface area contributed by atoms with Crippen molar-refractivity contribution in [2.24, 2.45) is 0 Å². The first-order valence-corrected chi connectivity index (χ1v) is 8.52. The standard InChI is InChI=1S/C22H26O2/c1-3-19-12-14-21(15-13-19)23-16-7-5-6-8-17-24-22-11-9-10-20(4-2)18-22/h3-4,9-15,18H,1-2,5-8,16-17H2. The summed E-state index contributed by atoms with van der Waals surface area (Å²) in [5.74, 6) is 1.84. The molecule has 0 saturated carbocycles. The molecular weight excluding hydrogens is 296 g/mol. The van der Waals surface area contributed by atoms with Crippen LogP contribution < -0.4 is 9.47 Å². The van der Waals surface area contributed by atoms with Gasteiger partial charge in [0, 0.05) is 0 Å². The maximum absolute atomic E-state index is 5.76. The van der Waals surface area contributed by atoms with Gasteiger partial charge < -0.3 is 9.47 Å². The first kappa shape index (κ1) is 17.9. The Balaban J connectivity index is 1.51. The Bertz CT molecular complexity index is 629. The average molecular weight is 322 g/mol. The van der Waals surface area contributed by atoms with Gasteiger partial charge in [0.1, 0.15) is 11.5 Å². The van der Waals surface area contributed by atoms with Gasteiger partial charge in [-0.1, -0.05) is 49.6 Å². The van der Waals surface area contributed by atoms with Gasteiger partial charge in [0.15, 0.2) is 0 Å². The molecule has 126 valence electrons. The van der Waals surface area contributed by atoms with Crippen LogP contribution in [0, 0.1) is 0 Å². The lowest BCUT2D eigenvalue weighted by molar-refractivity contribution is 0.287. The highest BCUT2D eigenvalue weighted by atomic mass is 16.5. The van der Waals surface area contributed by atoms with Crippen molar-refractivity contribution in [2.75, 3.05) is 13.2 Å². The number of hydrogen-bond donors (Lipinski definition) is 0. The molecule has 0 amide bonds. The van der Waals surface area contributed by atoms with E-state index in [9.17, 15) is 0 Å². The molecule has 2 aromatic rings. The van der Waals surface area contributed by atoms with E-state index in [1.54, 1.807) is 0 Å². The summed E-state index contributed by atoms with van der Waals surface area (Å²) in [4.78, 5) is 0. The molecule has 0 heterocycles. The van der Waals surface area contributed by atoms with Gasteiger partial charge in [0.05, 0.1) is 13.2 Å². The fourth-order valence-electron chi connectivity index (χ4n) is 2.37. The molecule has 2 heteroatoms. The molecule has 0 aromatic heterocycles. The highest BCUT2D eigenvalue weighted by molar-refractivity contribution is 5.49. The first-order valence-electron chi connectivity index (χ1n) is 8.52. The van der Waals surface area contributed by atoms with Gasteiger partial charge in [0.25, 0.3) is 0 Å². The molecule has 0 bridgehead atoms. The molecule has 0 spiro atoms. The molecule has 0 atom stereocenters. The number of hydrogen-bond acceptors (Lipinski definition) is 2. The first-order chi connectivity index (χ1) is 11.8. The van der Waals surface area contributed by atoms with Crippen LogP contribution in [0.5, 0.6) is 11.5 Å². The molecule has 0 aliphatic carbocycles. The molecule has 24 heavy (non-hydrogen) atoms. The highest BCUT2D eigenvalue weighted by Gasteiger charge is 1.97. The van der Waals surface area contributed by atoms with Crippen molar-refractivity contribution >= 4 is 12.2 Å². The molecule has 0 fully saturated rings. The lowest BCUT2D eigenvalue weighted by Crippen LogP contribution is -2.00. The fraction of sp³-hybridized carbons (Fsp3) is 0.273. The van der Waals surface area contributed by atoms with Crippen molar-refractivity contribution in [1.82, 2.24) is 0 Å². The zero-order valence-corrected chi connectivity index (χ0v) is 14.2. The third-order valence-corrected chi connectivity index (χ3v) is 3.79. The Morgan fingerprint density at radius 1 is 0.667 bits per heavy atom. The number of rotatable bonds is 11. The van der Waals surface area contributed by atoms with Crippen LogP contribution in [0.4, 0.5) is 0 Å². The van der Waals surface area contributed by atoms with E-state index in [1.165, 1.54) is 0 Å². The summed E-state index contributed by atoms with van der Waals surface area (Å²) in [6.45, 7) is 9.03. The van der Waals surface area contributed by atoms with E-state index in [2.05, 4.69) is 13.2 Å². The Morgan fingerprint density at radius 3 is 1.92 bits per heavy atom. The summed E-state index contributed by atoms with van der Waals surface area (Å²) in [6.07, 6.45) is 8.10. The Hall–Kier alpha value is -2.48. The Kier molecular flexibility index (Phi) is 7.69. The van der Waals surface area contributed by atoms with E-state index in [0.717, 1.165) is 61.5 Å². The van der Waals surface area contributed by atoms with Crippen LogP contribution in [0.2, 0.25) is 0 Å². The van der Waals surface area contributed by atoms with Crippen molar-refractivity contribution in [3.63, 3.8) is 0 Å². The number of unbranched alkanes of at least 4 members (excludes halogenated alkanes) is 3. The van der Waals surface area contributed by atoms with Gasteiger partial charge in [-0.25, -0.2) is 0 Å². The van der Waals surface area contributed by atoms with Crippen LogP contribution in [0.15, 0.2) is 61.7 Å². The van der Waals surface area contributed by atoms with Crippen LogP contribution in [0.1, 0.15) is 36.8 Å². The predicted octanol–water partition coefficient (Wildman–Crippen LogP) is 5.99. The summed E-state index contributed by atoms with van der Waals surface area (Å²) in [7, 11) is 0. The molecule has 0 aliphatic heterocycles. The van der Waals surface area contributed by atoms with E-state index in [0.29, 0.717) is 0 Å². The van der Waals surface area contributed by atoms with E-state index in [4.69, 9.17) is 9.47 Å². The second-order valence-corrected chi connectivity index (χ2v) is 5.66. The molecule has 0 unspecified atom stereocenters. The molecule has 0 saturated heterocycles. The fourth-order valence-corrected chi connectivity index (χ4v) is 2.37. The highest BCUT2D eigenvalue weighted by Crippen LogP contribution is 2.15. The number of ether oxygens (including phenoxy) is 2. The third-order valence-electron chi connectivity index (χ3n) is 3.79. The molecular formula is C22H26O2. The molecule has 2 rings (SSSR count). The summed E-state index contributed by atoms with van der Waals surface area (Å²) >= 11 is 0. The quantitative estimate of drug-likeness (QED) is 0.473. The minimum Gasteiger partial charge on any atom is -0.494 e. The van der Waals surface area contributed by atoms with Gasteiger partial charge in [-0.15, -0.1) is 0 Å². The predicted molar refractivity (Wildman–Crippen MR) is 103 cm³/mol. The van der Waals surface area contributed by atoms with Gasteiger partial charge in [0.2, 0.25) is 0 Å². The SMILES string of the molecule is C=Cc1ccc(OCCCCCCOc2cccc(C=C)c2)cc1. The average Bonchev–Trinajstić information content (AvgIpc) is 2.64. The molecule has 2 aromatic carbocycles. The zero-order valence-electron chi connectivity index (χ0n) is 14.2. The summed E-state index contributed by atoms with van der Waals surface area (Å²) in [5.41, 5.74) is 2.20.